The fraction of sp³-hybridized carbons (Fsp3) is 0.267. The molecule has 0 aliphatic rings. The van der Waals surface area contributed by atoms with Crippen molar-refractivity contribution in [1.82, 2.24) is 13.5 Å². The Morgan fingerprint density at radius 2 is 2.00 bits per heavy atom. The van der Waals surface area contributed by atoms with Crippen LogP contribution in [0.25, 0.3) is 15.8 Å². The zero-order valence-electron chi connectivity index (χ0n) is 12.4. The molecule has 22 heavy (non-hydrogen) atoms. The number of nitrogens with zero attached hydrogens (tertiary/aromatic N) is 3. The van der Waals surface area contributed by atoms with Crippen molar-refractivity contribution in [3.05, 3.63) is 56.5 Å². The molecule has 1 atom stereocenters. The smallest absolute Gasteiger partial charge is 0.335 e. The SMILES string of the molecule is Cc1cc(=O)n(-c2ccc3snc(C(C)O)c3c2)c(=O)n1C. The first-order valence-corrected chi connectivity index (χ1v) is 7.55. The molecule has 7 heteroatoms. The van der Waals surface area contributed by atoms with Crippen LogP contribution < -0.4 is 11.2 Å². The number of rotatable bonds is 2. The van der Waals surface area contributed by atoms with Gasteiger partial charge in [0.2, 0.25) is 0 Å². The van der Waals surface area contributed by atoms with Crippen LogP contribution in [-0.4, -0.2) is 18.6 Å². The van der Waals surface area contributed by atoms with E-state index in [-0.39, 0.29) is 5.56 Å². The van der Waals surface area contributed by atoms with E-state index >= 15 is 0 Å². The Morgan fingerprint density at radius 3 is 2.68 bits per heavy atom. The van der Waals surface area contributed by atoms with Gasteiger partial charge in [0.25, 0.3) is 5.56 Å². The van der Waals surface area contributed by atoms with Crippen LogP contribution in [0.5, 0.6) is 0 Å². The van der Waals surface area contributed by atoms with Gasteiger partial charge in [0.05, 0.1) is 22.2 Å². The van der Waals surface area contributed by atoms with Gasteiger partial charge in [-0.3, -0.25) is 4.79 Å². The molecule has 6 nitrogen and oxygen atoms in total. The largest absolute Gasteiger partial charge is 0.387 e. The molecule has 0 aliphatic heterocycles. The van der Waals surface area contributed by atoms with Gasteiger partial charge in [0.15, 0.2) is 0 Å². The van der Waals surface area contributed by atoms with Gasteiger partial charge in [-0.15, -0.1) is 0 Å². The predicted molar refractivity (Wildman–Crippen MR) is 85.8 cm³/mol. The summed E-state index contributed by atoms with van der Waals surface area (Å²) in [5.74, 6) is 0. The summed E-state index contributed by atoms with van der Waals surface area (Å²) in [7, 11) is 1.62. The highest BCUT2D eigenvalue weighted by Crippen LogP contribution is 2.28. The molecule has 0 bridgehead atoms. The van der Waals surface area contributed by atoms with Crippen molar-refractivity contribution in [2.24, 2.45) is 7.05 Å². The van der Waals surface area contributed by atoms with E-state index in [1.165, 1.54) is 22.2 Å². The minimum Gasteiger partial charge on any atom is -0.387 e. The van der Waals surface area contributed by atoms with Gasteiger partial charge in [-0.05, 0) is 43.6 Å². The van der Waals surface area contributed by atoms with Gasteiger partial charge in [-0.25, -0.2) is 9.36 Å². The van der Waals surface area contributed by atoms with E-state index in [4.69, 9.17) is 0 Å². The summed E-state index contributed by atoms with van der Waals surface area (Å²) in [5, 5.41) is 10.5. The highest BCUT2D eigenvalue weighted by Gasteiger charge is 2.14. The molecule has 2 aromatic heterocycles. The molecule has 0 saturated heterocycles. The maximum absolute atomic E-state index is 12.4. The summed E-state index contributed by atoms with van der Waals surface area (Å²) in [6.45, 7) is 3.35. The lowest BCUT2D eigenvalue weighted by molar-refractivity contribution is 0.197. The number of fused-ring (bicyclic) bond motifs is 1. The Hall–Kier alpha value is -2.25. The van der Waals surface area contributed by atoms with E-state index in [9.17, 15) is 14.7 Å². The average molecular weight is 317 g/mol. The van der Waals surface area contributed by atoms with Crippen LogP contribution in [0.2, 0.25) is 0 Å². The lowest BCUT2D eigenvalue weighted by Crippen LogP contribution is -2.38. The molecule has 1 N–H and O–H groups in total. The van der Waals surface area contributed by atoms with Gasteiger partial charge >= 0.3 is 5.69 Å². The van der Waals surface area contributed by atoms with Crippen molar-refractivity contribution in [1.29, 1.82) is 0 Å². The minimum absolute atomic E-state index is 0.373. The van der Waals surface area contributed by atoms with Gasteiger partial charge in [0, 0.05) is 24.2 Å². The number of benzene rings is 1. The second-order valence-electron chi connectivity index (χ2n) is 5.23. The van der Waals surface area contributed by atoms with E-state index < -0.39 is 11.8 Å². The molecule has 3 rings (SSSR count). The van der Waals surface area contributed by atoms with Crippen LogP contribution >= 0.6 is 11.5 Å². The fourth-order valence-electron chi connectivity index (χ4n) is 2.36. The van der Waals surface area contributed by atoms with Gasteiger partial charge in [-0.2, -0.15) is 4.37 Å². The van der Waals surface area contributed by atoms with Crippen molar-refractivity contribution in [3.63, 3.8) is 0 Å². The molecular formula is C15H15N3O3S. The summed E-state index contributed by atoms with van der Waals surface area (Å²) in [6, 6.07) is 6.66. The Bertz CT molecular complexity index is 982. The second-order valence-corrected chi connectivity index (χ2v) is 6.03. The number of hydrogen-bond acceptors (Lipinski definition) is 5. The van der Waals surface area contributed by atoms with Crippen molar-refractivity contribution in [2.45, 2.75) is 20.0 Å². The first kappa shape index (κ1) is 14.7. The third-order valence-corrected chi connectivity index (χ3v) is 4.54. The molecule has 0 amide bonds. The number of aliphatic hydroxyl groups is 1. The zero-order chi connectivity index (χ0) is 16.0. The number of aromatic nitrogens is 3. The van der Waals surface area contributed by atoms with Crippen LogP contribution in [0.15, 0.2) is 33.9 Å². The predicted octanol–water partition coefficient (Wildman–Crippen LogP) is 1.51. The van der Waals surface area contributed by atoms with E-state index in [0.717, 1.165) is 14.7 Å². The highest BCUT2D eigenvalue weighted by atomic mass is 32.1. The monoisotopic (exact) mass is 317 g/mol. The van der Waals surface area contributed by atoms with E-state index in [1.54, 1.807) is 39.1 Å². The molecule has 1 unspecified atom stereocenters. The molecule has 0 radical (unpaired) electrons. The first-order valence-electron chi connectivity index (χ1n) is 6.77. The topological polar surface area (TPSA) is 77.1 Å². The van der Waals surface area contributed by atoms with E-state index in [2.05, 4.69) is 4.37 Å². The molecule has 0 saturated carbocycles. The van der Waals surface area contributed by atoms with Gasteiger partial charge in [-0.1, -0.05) is 0 Å². The molecular weight excluding hydrogens is 302 g/mol. The first-order chi connectivity index (χ1) is 10.4. The molecule has 0 aliphatic carbocycles. The summed E-state index contributed by atoms with van der Waals surface area (Å²) in [6.07, 6.45) is -0.707. The summed E-state index contributed by atoms with van der Waals surface area (Å²) in [5.41, 5.74) is 0.862. The molecule has 0 spiro atoms. The van der Waals surface area contributed by atoms with Crippen LogP contribution in [0.4, 0.5) is 0 Å². The third-order valence-electron chi connectivity index (χ3n) is 3.70. The average Bonchev–Trinajstić information content (AvgIpc) is 2.88. The lowest BCUT2D eigenvalue weighted by Gasteiger charge is -2.09. The van der Waals surface area contributed by atoms with Crippen molar-refractivity contribution >= 4 is 21.6 Å². The minimum atomic E-state index is -0.707. The van der Waals surface area contributed by atoms with Crippen molar-refractivity contribution in [3.8, 4) is 5.69 Å². The molecule has 0 fully saturated rings. The summed E-state index contributed by atoms with van der Waals surface area (Å²) < 4.78 is 7.67. The van der Waals surface area contributed by atoms with Crippen molar-refractivity contribution in [2.75, 3.05) is 0 Å². The number of hydrogen-bond donors (Lipinski definition) is 1. The third kappa shape index (κ3) is 2.18. The maximum Gasteiger partial charge on any atom is 0.335 e. The van der Waals surface area contributed by atoms with Crippen LogP contribution in [-0.2, 0) is 7.05 Å². The maximum atomic E-state index is 12.4. The molecule has 114 valence electrons. The van der Waals surface area contributed by atoms with Crippen LogP contribution in [0, 0.1) is 6.92 Å². The Balaban J connectivity index is 2.32. The van der Waals surface area contributed by atoms with Gasteiger partial charge < -0.3 is 9.67 Å². The summed E-state index contributed by atoms with van der Waals surface area (Å²) in [4.78, 5) is 24.6. The number of aryl methyl sites for hydroxylation is 1. The lowest BCUT2D eigenvalue weighted by atomic mass is 10.1. The highest BCUT2D eigenvalue weighted by molar-refractivity contribution is 7.13. The van der Waals surface area contributed by atoms with Crippen molar-refractivity contribution < 1.29 is 5.11 Å². The number of aliphatic hydroxyl groups excluding tert-OH is 1. The quantitative estimate of drug-likeness (QED) is 0.777. The van der Waals surface area contributed by atoms with Crippen LogP contribution in [0.3, 0.4) is 0 Å². The molecule has 3 aromatic rings. The van der Waals surface area contributed by atoms with E-state index in [1.807, 2.05) is 0 Å². The van der Waals surface area contributed by atoms with Gasteiger partial charge in [0.1, 0.15) is 0 Å². The van der Waals surface area contributed by atoms with E-state index in [0.29, 0.717) is 17.1 Å². The second kappa shape index (κ2) is 5.19. The standard InChI is InChI=1S/C15H15N3O3S/c1-8-6-13(20)18(15(21)17(8)3)10-4-5-12-11(7-10)14(9(2)19)16-22-12/h4-7,9,19H,1-3H3. The Labute approximate surface area is 130 Å². The molecule has 2 heterocycles. The fourth-order valence-corrected chi connectivity index (χ4v) is 3.20. The van der Waals surface area contributed by atoms with Crippen LogP contribution in [0.1, 0.15) is 24.4 Å². The Morgan fingerprint density at radius 1 is 1.27 bits per heavy atom. The normalized spacial score (nSPS) is 12.7. The molecule has 1 aromatic carbocycles. The Kier molecular flexibility index (Phi) is 3.46. The zero-order valence-corrected chi connectivity index (χ0v) is 13.2. The summed E-state index contributed by atoms with van der Waals surface area (Å²) >= 11 is 1.28.